The Morgan fingerprint density at radius 3 is 2.73 bits per heavy atom. The van der Waals surface area contributed by atoms with Crippen LogP contribution in [-0.2, 0) is 6.54 Å². The quantitative estimate of drug-likeness (QED) is 0.910. The van der Waals surface area contributed by atoms with Gasteiger partial charge < -0.3 is 10.1 Å². The van der Waals surface area contributed by atoms with E-state index in [1.165, 1.54) is 18.4 Å². The Hall–Kier alpha value is -0.0600. The molecule has 1 saturated carbocycles. The normalized spacial score (nSPS) is 15.4. The van der Waals surface area contributed by atoms with Crippen LogP contribution in [0.15, 0.2) is 21.1 Å². The number of benzene rings is 1. The van der Waals surface area contributed by atoms with Crippen molar-refractivity contribution in [1.82, 2.24) is 5.32 Å². The van der Waals surface area contributed by atoms with Gasteiger partial charge in [-0.2, -0.15) is 0 Å². The molecule has 4 heteroatoms. The third-order valence-corrected chi connectivity index (χ3v) is 3.49. The molecule has 0 atom stereocenters. The Bertz CT molecular complexity index is 364. The van der Waals surface area contributed by atoms with Crippen LogP contribution in [0.3, 0.4) is 0 Å². The second kappa shape index (κ2) is 4.85. The predicted molar refractivity (Wildman–Crippen MR) is 68.3 cm³/mol. The van der Waals surface area contributed by atoms with E-state index in [4.69, 9.17) is 4.74 Å². The summed E-state index contributed by atoms with van der Waals surface area (Å²) in [5, 5.41) is 3.48. The molecule has 82 valence electrons. The largest absolute Gasteiger partial charge is 0.495 e. The van der Waals surface area contributed by atoms with E-state index in [2.05, 4.69) is 43.2 Å². The zero-order chi connectivity index (χ0) is 10.8. The summed E-state index contributed by atoms with van der Waals surface area (Å²) >= 11 is 6.98. The minimum absolute atomic E-state index is 0.715. The molecule has 15 heavy (non-hydrogen) atoms. The lowest BCUT2D eigenvalue weighted by molar-refractivity contribution is 0.405. The van der Waals surface area contributed by atoms with Crippen LogP contribution in [0.1, 0.15) is 18.4 Å². The van der Waals surface area contributed by atoms with Crippen molar-refractivity contribution in [2.75, 3.05) is 7.11 Å². The summed E-state index contributed by atoms with van der Waals surface area (Å²) in [6, 6.07) is 4.81. The lowest BCUT2D eigenvalue weighted by Gasteiger charge is -2.11. The molecule has 0 radical (unpaired) electrons. The van der Waals surface area contributed by atoms with E-state index in [1.54, 1.807) is 7.11 Å². The van der Waals surface area contributed by atoms with Gasteiger partial charge in [-0.15, -0.1) is 0 Å². The van der Waals surface area contributed by atoms with Gasteiger partial charge in [0.15, 0.2) is 0 Å². The van der Waals surface area contributed by atoms with Crippen LogP contribution in [0.2, 0.25) is 0 Å². The van der Waals surface area contributed by atoms with Gasteiger partial charge in [-0.1, -0.05) is 15.9 Å². The molecular formula is C11H13Br2NO. The number of ether oxygens (including phenoxy) is 1. The number of nitrogens with one attached hydrogen (secondary N) is 1. The Balaban J connectivity index is 2.17. The van der Waals surface area contributed by atoms with Gasteiger partial charge in [0, 0.05) is 22.6 Å². The van der Waals surface area contributed by atoms with Crippen LogP contribution in [0.5, 0.6) is 5.75 Å². The first-order valence-corrected chi connectivity index (χ1v) is 6.54. The van der Waals surface area contributed by atoms with Crippen LogP contribution < -0.4 is 10.1 Å². The van der Waals surface area contributed by atoms with E-state index in [-0.39, 0.29) is 0 Å². The average molecular weight is 335 g/mol. The standard InChI is InChI=1S/C11H13Br2NO/c1-15-11-7(6-14-9-2-3-9)4-8(12)5-10(11)13/h4-5,9,14H,2-3,6H2,1H3. The van der Waals surface area contributed by atoms with Crippen molar-refractivity contribution >= 4 is 31.9 Å². The lowest BCUT2D eigenvalue weighted by Crippen LogP contribution is -2.16. The Morgan fingerprint density at radius 1 is 1.40 bits per heavy atom. The van der Waals surface area contributed by atoms with Crippen LogP contribution in [0.25, 0.3) is 0 Å². The van der Waals surface area contributed by atoms with Gasteiger partial charge in [-0.05, 0) is 40.9 Å². The summed E-state index contributed by atoms with van der Waals surface area (Å²) in [5.74, 6) is 0.923. The third kappa shape index (κ3) is 2.95. The minimum Gasteiger partial charge on any atom is -0.495 e. The second-order valence-corrected chi connectivity index (χ2v) is 5.51. The zero-order valence-corrected chi connectivity index (χ0v) is 11.7. The monoisotopic (exact) mass is 333 g/mol. The molecule has 0 aliphatic heterocycles. The van der Waals surface area contributed by atoms with Crippen molar-refractivity contribution in [3.63, 3.8) is 0 Å². The highest BCUT2D eigenvalue weighted by molar-refractivity contribution is 9.11. The van der Waals surface area contributed by atoms with Gasteiger partial charge in [0.25, 0.3) is 0 Å². The highest BCUT2D eigenvalue weighted by Gasteiger charge is 2.21. The summed E-state index contributed by atoms with van der Waals surface area (Å²) in [7, 11) is 1.70. The van der Waals surface area contributed by atoms with E-state index < -0.39 is 0 Å². The summed E-state index contributed by atoms with van der Waals surface area (Å²) in [6.07, 6.45) is 2.61. The van der Waals surface area contributed by atoms with E-state index in [9.17, 15) is 0 Å². The molecular weight excluding hydrogens is 322 g/mol. The first kappa shape index (κ1) is 11.4. The van der Waals surface area contributed by atoms with Crippen LogP contribution in [-0.4, -0.2) is 13.2 Å². The van der Waals surface area contributed by atoms with Crippen molar-refractivity contribution < 1.29 is 4.74 Å². The predicted octanol–water partition coefficient (Wildman–Crippen LogP) is 3.47. The fourth-order valence-corrected chi connectivity index (χ4v) is 2.99. The molecule has 2 nitrogen and oxygen atoms in total. The van der Waals surface area contributed by atoms with Crippen LogP contribution >= 0.6 is 31.9 Å². The summed E-state index contributed by atoms with van der Waals surface area (Å²) in [5.41, 5.74) is 1.19. The van der Waals surface area contributed by atoms with E-state index in [1.807, 2.05) is 6.07 Å². The van der Waals surface area contributed by atoms with Gasteiger partial charge >= 0.3 is 0 Å². The van der Waals surface area contributed by atoms with Crippen molar-refractivity contribution in [1.29, 1.82) is 0 Å². The van der Waals surface area contributed by atoms with Crippen molar-refractivity contribution in [3.05, 3.63) is 26.6 Å². The summed E-state index contributed by atoms with van der Waals surface area (Å²) in [4.78, 5) is 0. The molecule has 0 spiro atoms. The molecule has 0 aromatic heterocycles. The van der Waals surface area contributed by atoms with Crippen LogP contribution in [0, 0.1) is 0 Å². The molecule has 1 fully saturated rings. The molecule has 2 rings (SSSR count). The van der Waals surface area contributed by atoms with Gasteiger partial charge in [0.1, 0.15) is 5.75 Å². The number of methoxy groups -OCH3 is 1. The van der Waals surface area contributed by atoms with Gasteiger partial charge in [0.05, 0.1) is 11.6 Å². The second-order valence-electron chi connectivity index (χ2n) is 3.74. The number of hydrogen-bond acceptors (Lipinski definition) is 2. The molecule has 1 aliphatic rings. The zero-order valence-electron chi connectivity index (χ0n) is 8.52. The minimum atomic E-state index is 0.715. The highest BCUT2D eigenvalue weighted by atomic mass is 79.9. The molecule has 0 bridgehead atoms. The summed E-state index contributed by atoms with van der Waals surface area (Å²) < 4.78 is 7.44. The number of rotatable bonds is 4. The van der Waals surface area contributed by atoms with E-state index in [0.717, 1.165) is 21.2 Å². The Kier molecular flexibility index (Phi) is 3.69. The van der Waals surface area contributed by atoms with Gasteiger partial charge in [-0.3, -0.25) is 0 Å². The lowest BCUT2D eigenvalue weighted by atomic mass is 10.2. The number of hydrogen-bond donors (Lipinski definition) is 1. The van der Waals surface area contributed by atoms with E-state index >= 15 is 0 Å². The molecule has 0 amide bonds. The van der Waals surface area contributed by atoms with Crippen molar-refractivity contribution in [2.24, 2.45) is 0 Å². The Labute approximate surface area is 107 Å². The van der Waals surface area contributed by atoms with Crippen molar-refractivity contribution in [2.45, 2.75) is 25.4 Å². The fraction of sp³-hybridized carbons (Fsp3) is 0.455. The maximum Gasteiger partial charge on any atom is 0.137 e. The smallest absolute Gasteiger partial charge is 0.137 e. The molecule has 1 aromatic rings. The Morgan fingerprint density at radius 2 is 2.13 bits per heavy atom. The van der Waals surface area contributed by atoms with Gasteiger partial charge in [0.2, 0.25) is 0 Å². The first-order chi connectivity index (χ1) is 7.20. The first-order valence-electron chi connectivity index (χ1n) is 4.96. The molecule has 0 heterocycles. The maximum absolute atomic E-state index is 5.38. The SMILES string of the molecule is COc1c(Br)cc(Br)cc1CNC1CC1. The molecule has 1 N–H and O–H groups in total. The summed E-state index contributed by atoms with van der Waals surface area (Å²) in [6.45, 7) is 0.867. The van der Waals surface area contributed by atoms with Crippen molar-refractivity contribution in [3.8, 4) is 5.75 Å². The maximum atomic E-state index is 5.38. The third-order valence-electron chi connectivity index (χ3n) is 2.45. The molecule has 1 aliphatic carbocycles. The number of halogens is 2. The fourth-order valence-electron chi connectivity index (χ4n) is 1.52. The highest BCUT2D eigenvalue weighted by Crippen LogP contribution is 2.33. The molecule has 1 aromatic carbocycles. The topological polar surface area (TPSA) is 21.3 Å². The molecule has 0 unspecified atom stereocenters. The molecule has 0 saturated heterocycles. The van der Waals surface area contributed by atoms with E-state index in [0.29, 0.717) is 6.04 Å². The van der Waals surface area contributed by atoms with Gasteiger partial charge in [-0.25, -0.2) is 0 Å². The average Bonchev–Trinajstić information content (AvgIpc) is 2.97. The van der Waals surface area contributed by atoms with Crippen LogP contribution in [0.4, 0.5) is 0 Å².